The largest absolute Gasteiger partial charge is 0.482 e. The van der Waals surface area contributed by atoms with E-state index in [1.54, 1.807) is 24.3 Å². The van der Waals surface area contributed by atoms with E-state index in [0.29, 0.717) is 16.3 Å². The molecule has 0 spiro atoms. The van der Waals surface area contributed by atoms with Crippen molar-refractivity contribution < 1.29 is 14.3 Å². The van der Waals surface area contributed by atoms with Crippen LogP contribution in [0.15, 0.2) is 49.1 Å². The molecule has 0 saturated heterocycles. The number of nitrogens with one attached hydrogen (secondary N) is 4. The molecule has 0 radical (unpaired) electrons. The molecule has 2 heterocycles. The summed E-state index contributed by atoms with van der Waals surface area (Å²) >= 11 is 11.8. The highest BCUT2D eigenvalue weighted by molar-refractivity contribution is 6.35. The Morgan fingerprint density at radius 1 is 1.00 bits per heavy atom. The number of benzene rings is 1. The van der Waals surface area contributed by atoms with Gasteiger partial charge in [0.05, 0.1) is 5.02 Å². The van der Waals surface area contributed by atoms with Crippen molar-refractivity contribution in [3.63, 3.8) is 0 Å². The van der Waals surface area contributed by atoms with E-state index in [-0.39, 0.29) is 29.0 Å². The Morgan fingerprint density at radius 2 is 1.68 bits per heavy atom. The molecule has 0 saturated carbocycles. The van der Waals surface area contributed by atoms with Crippen molar-refractivity contribution in [1.82, 2.24) is 25.8 Å². The minimum absolute atomic E-state index is 0.0551. The van der Waals surface area contributed by atoms with Gasteiger partial charge in [0.25, 0.3) is 11.8 Å². The molecule has 3 aromatic rings. The summed E-state index contributed by atoms with van der Waals surface area (Å²) in [6.07, 6.45) is 4.17. The smallest absolute Gasteiger partial charge is 0.276 e. The van der Waals surface area contributed by atoms with Gasteiger partial charge in [-0.1, -0.05) is 23.2 Å². The number of amides is 2. The molecule has 1 aromatic carbocycles. The number of rotatable bonds is 8. The molecule has 0 atom stereocenters. The quantitative estimate of drug-likeness (QED) is 0.316. The standard InChI is InChI=1S/C18H16Cl2N8O3/c19-11-1-2-13(12(20)7-11)31-8-14(29)25-26-16-15(21)17(24-9-23-16)27-28-18(30)10-3-5-22-6-4-10/h1-7,9H,8,21H2,(H,25,29)(H,28,30)(H2,23,24,26,27). The number of hydrazine groups is 2. The first-order valence-corrected chi connectivity index (χ1v) is 9.39. The highest BCUT2D eigenvalue weighted by Crippen LogP contribution is 2.27. The van der Waals surface area contributed by atoms with Crippen LogP contribution in [0.25, 0.3) is 0 Å². The average Bonchev–Trinajstić information content (AvgIpc) is 2.77. The number of aromatic nitrogens is 3. The number of carbonyl (C=O) groups is 2. The first-order chi connectivity index (χ1) is 14.9. The molecule has 31 heavy (non-hydrogen) atoms. The van der Waals surface area contributed by atoms with Gasteiger partial charge in [0, 0.05) is 23.0 Å². The summed E-state index contributed by atoms with van der Waals surface area (Å²) in [5.41, 5.74) is 16.4. The zero-order chi connectivity index (χ0) is 22.2. The van der Waals surface area contributed by atoms with Gasteiger partial charge in [0.1, 0.15) is 17.8 Å². The highest BCUT2D eigenvalue weighted by Gasteiger charge is 2.12. The number of halogens is 2. The molecule has 11 nitrogen and oxygen atoms in total. The van der Waals surface area contributed by atoms with Crippen LogP contribution in [0, 0.1) is 0 Å². The first-order valence-electron chi connectivity index (χ1n) is 8.63. The van der Waals surface area contributed by atoms with E-state index in [1.807, 2.05) is 0 Å². The lowest BCUT2D eigenvalue weighted by Gasteiger charge is -2.14. The van der Waals surface area contributed by atoms with E-state index >= 15 is 0 Å². The Morgan fingerprint density at radius 3 is 2.35 bits per heavy atom. The molecule has 0 fully saturated rings. The Bertz CT molecular complexity index is 1080. The van der Waals surface area contributed by atoms with Crippen molar-refractivity contribution in [1.29, 1.82) is 0 Å². The second-order valence-corrected chi connectivity index (χ2v) is 6.68. The summed E-state index contributed by atoms with van der Waals surface area (Å²) in [7, 11) is 0. The maximum atomic E-state index is 12.1. The van der Waals surface area contributed by atoms with E-state index in [0.717, 1.165) is 0 Å². The molecular formula is C18H16Cl2N8O3. The summed E-state index contributed by atoms with van der Waals surface area (Å²) in [5, 5.41) is 0.724. The number of nitrogens with zero attached hydrogens (tertiary/aromatic N) is 3. The van der Waals surface area contributed by atoms with Crippen LogP contribution >= 0.6 is 23.2 Å². The van der Waals surface area contributed by atoms with Gasteiger partial charge in [-0.05, 0) is 30.3 Å². The summed E-state index contributed by atoms with van der Waals surface area (Å²) in [6, 6.07) is 7.72. The van der Waals surface area contributed by atoms with Gasteiger partial charge in [-0.3, -0.25) is 36.3 Å². The second-order valence-electron chi connectivity index (χ2n) is 5.84. The van der Waals surface area contributed by atoms with Crippen LogP contribution in [0.2, 0.25) is 10.0 Å². The van der Waals surface area contributed by atoms with Gasteiger partial charge in [-0.2, -0.15) is 0 Å². The minimum Gasteiger partial charge on any atom is -0.482 e. The van der Waals surface area contributed by atoms with E-state index < -0.39 is 11.8 Å². The molecule has 13 heteroatoms. The fraction of sp³-hybridized carbons (Fsp3) is 0.0556. The maximum absolute atomic E-state index is 12.1. The lowest BCUT2D eigenvalue weighted by Crippen LogP contribution is -2.35. The van der Waals surface area contributed by atoms with Crippen LogP contribution in [0.5, 0.6) is 5.75 Å². The van der Waals surface area contributed by atoms with Crippen molar-refractivity contribution >= 4 is 52.3 Å². The number of nitrogen functional groups attached to an aromatic ring is 1. The highest BCUT2D eigenvalue weighted by atomic mass is 35.5. The zero-order valence-corrected chi connectivity index (χ0v) is 17.2. The molecule has 3 rings (SSSR count). The van der Waals surface area contributed by atoms with Crippen molar-refractivity contribution in [3.8, 4) is 5.75 Å². The molecule has 0 unspecified atom stereocenters. The number of pyridine rings is 1. The van der Waals surface area contributed by atoms with Crippen LogP contribution in [0.4, 0.5) is 17.3 Å². The number of carbonyl (C=O) groups excluding carboxylic acids is 2. The van der Waals surface area contributed by atoms with Crippen molar-refractivity contribution in [2.24, 2.45) is 0 Å². The van der Waals surface area contributed by atoms with Crippen molar-refractivity contribution in [3.05, 3.63) is 64.7 Å². The van der Waals surface area contributed by atoms with Gasteiger partial charge in [0.15, 0.2) is 18.2 Å². The number of ether oxygens (including phenoxy) is 1. The third-order valence-electron chi connectivity index (χ3n) is 3.69. The molecule has 0 aliphatic heterocycles. The van der Waals surface area contributed by atoms with E-state index in [1.165, 1.54) is 24.8 Å². The molecule has 0 aliphatic rings. The molecule has 2 amide bonds. The summed E-state index contributed by atoms with van der Waals surface area (Å²) in [4.78, 5) is 35.8. The topological polar surface area (TPSA) is 156 Å². The SMILES string of the molecule is Nc1c(NNC(=O)COc2ccc(Cl)cc2Cl)ncnc1NNC(=O)c1ccncc1. The fourth-order valence-electron chi connectivity index (χ4n) is 2.19. The number of anilines is 3. The van der Waals surface area contributed by atoms with Crippen molar-refractivity contribution in [2.45, 2.75) is 0 Å². The normalized spacial score (nSPS) is 10.1. The molecule has 0 aliphatic carbocycles. The molecular weight excluding hydrogens is 447 g/mol. The Hall–Kier alpha value is -3.83. The number of hydrogen-bond acceptors (Lipinski definition) is 9. The Labute approximate surface area is 186 Å². The summed E-state index contributed by atoms with van der Waals surface area (Å²) in [5.74, 6) is -0.406. The lowest BCUT2D eigenvalue weighted by atomic mass is 10.3. The van der Waals surface area contributed by atoms with Crippen LogP contribution in [-0.2, 0) is 4.79 Å². The molecule has 0 bridgehead atoms. The molecule has 2 aromatic heterocycles. The third kappa shape index (κ3) is 6.07. The van der Waals surface area contributed by atoms with Gasteiger partial charge in [0.2, 0.25) is 0 Å². The fourth-order valence-corrected chi connectivity index (χ4v) is 2.65. The van der Waals surface area contributed by atoms with E-state index in [4.69, 9.17) is 33.7 Å². The number of hydrogen-bond donors (Lipinski definition) is 5. The predicted molar refractivity (Wildman–Crippen MR) is 115 cm³/mol. The Kier molecular flexibility index (Phi) is 7.25. The van der Waals surface area contributed by atoms with E-state index in [9.17, 15) is 9.59 Å². The van der Waals surface area contributed by atoms with Crippen molar-refractivity contribution in [2.75, 3.05) is 23.2 Å². The van der Waals surface area contributed by atoms with Crippen LogP contribution in [0.1, 0.15) is 10.4 Å². The molecule has 6 N–H and O–H groups in total. The zero-order valence-electron chi connectivity index (χ0n) is 15.7. The summed E-state index contributed by atoms with van der Waals surface area (Å²) < 4.78 is 5.33. The van der Waals surface area contributed by atoms with Gasteiger partial charge in [-0.25, -0.2) is 9.97 Å². The van der Waals surface area contributed by atoms with Crippen LogP contribution in [0.3, 0.4) is 0 Å². The first kappa shape index (κ1) is 21.9. The van der Waals surface area contributed by atoms with Gasteiger partial charge >= 0.3 is 0 Å². The van der Waals surface area contributed by atoms with Gasteiger partial charge < -0.3 is 10.5 Å². The third-order valence-corrected chi connectivity index (χ3v) is 4.22. The van der Waals surface area contributed by atoms with Crippen LogP contribution < -0.4 is 32.2 Å². The Balaban J connectivity index is 1.52. The number of nitrogens with two attached hydrogens (primary N) is 1. The minimum atomic E-state index is -0.524. The lowest BCUT2D eigenvalue weighted by molar-refractivity contribution is -0.122. The average molecular weight is 463 g/mol. The maximum Gasteiger partial charge on any atom is 0.276 e. The van der Waals surface area contributed by atoms with Gasteiger partial charge in [-0.15, -0.1) is 0 Å². The van der Waals surface area contributed by atoms with E-state index in [2.05, 4.69) is 36.7 Å². The second kappa shape index (κ2) is 10.3. The van der Waals surface area contributed by atoms with Crippen LogP contribution in [-0.4, -0.2) is 33.4 Å². The predicted octanol–water partition coefficient (Wildman–Crippen LogP) is 2.04. The molecule has 160 valence electrons. The summed E-state index contributed by atoms with van der Waals surface area (Å²) in [6.45, 7) is -0.327. The monoisotopic (exact) mass is 462 g/mol.